The van der Waals surface area contributed by atoms with Crippen LogP contribution in [0.1, 0.15) is 5.56 Å². The minimum Gasteiger partial charge on any atom is -0.450 e. The van der Waals surface area contributed by atoms with Crippen molar-refractivity contribution in [2.45, 2.75) is 0 Å². The topological polar surface area (TPSA) is 102 Å². The van der Waals surface area contributed by atoms with Gasteiger partial charge in [0.2, 0.25) is 5.75 Å². The molecule has 0 amide bonds. The van der Waals surface area contributed by atoms with Crippen LogP contribution < -0.4 is 4.74 Å². The zero-order chi connectivity index (χ0) is 15.5. The summed E-state index contributed by atoms with van der Waals surface area (Å²) in [4.78, 5) is 18.8. The number of nitriles is 1. The minimum absolute atomic E-state index is 0.0623. The van der Waals surface area contributed by atoms with E-state index in [4.69, 9.17) is 10.00 Å². The van der Waals surface area contributed by atoms with Gasteiger partial charge in [0.1, 0.15) is 5.75 Å². The number of hydrogen-bond acceptors (Lipinski definition) is 6. The summed E-state index contributed by atoms with van der Waals surface area (Å²) in [5.41, 5.74) is 1.25. The second-order valence-electron chi connectivity index (χ2n) is 4.36. The van der Waals surface area contributed by atoms with Crippen LogP contribution in [0, 0.1) is 21.4 Å². The second kappa shape index (κ2) is 5.46. The first-order valence-electron chi connectivity index (χ1n) is 6.24. The number of aromatic nitrogens is 2. The van der Waals surface area contributed by atoms with E-state index in [2.05, 4.69) is 9.97 Å². The quantitative estimate of drug-likeness (QED) is 0.542. The Morgan fingerprint density at radius 2 is 1.86 bits per heavy atom. The Kier molecular flexibility index (Phi) is 3.34. The van der Waals surface area contributed by atoms with Crippen molar-refractivity contribution in [2.24, 2.45) is 0 Å². The van der Waals surface area contributed by atoms with E-state index >= 15 is 0 Å². The summed E-state index contributed by atoms with van der Waals surface area (Å²) in [6, 6.07) is 10.9. The Morgan fingerprint density at radius 3 is 2.59 bits per heavy atom. The molecule has 0 N–H and O–H groups in total. The highest BCUT2D eigenvalue weighted by atomic mass is 16.6. The van der Waals surface area contributed by atoms with E-state index < -0.39 is 4.92 Å². The monoisotopic (exact) mass is 292 g/mol. The van der Waals surface area contributed by atoms with Crippen LogP contribution in [-0.4, -0.2) is 14.9 Å². The molecule has 3 aromatic rings. The van der Waals surface area contributed by atoms with Crippen LogP contribution in [0.15, 0.2) is 48.8 Å². The number of ether oxygens (including phenoxy) is 1. The maximum Gasteiger partial charge on any atom is 0.312 e. The van der Waals surface area contributed by atoms with Crippen molar-refractivity contribution in [1.29, 1.82) is 5.26 Å². The van der Waals surface area contributed by atoms with Crippen molar-refractivity contribution >= 4 is 16.7 Å². The molecule has 22 heavy (non-hydrogen) atoms. The lowest BCUT2D eigenvalue weighted by molar-refractivity contribution is -0.385. The molecule has 106 valence electrons. The third kappa shape index (κ3) is 2.53. The summed E-state index contributed by atoms with van der Waals surface area (Å²) in [5, 5.41) is 19.9. The summed E-state index contributed by atoms with van der Waals surface area (Å²) in [5.74, 6) is 0.466. The molecule has 0 fully saturated rings. The first-order chi connectivity index (χ1) is 10.7. The zero-order valence-electron chi connectivity index (χ0n) is 11.1. The smallest absolute Gasteiger partial charge is 0.312 e. The number of rotatable bonds is 3. The van der Waals surface area contributed by atoms with Crippen LogP contribution in [-0.2, 0) is 0 Å². The Balaban J connectivity index is 2.01. The van der Waals surface area contributed by atoms with Gasteiger partial charge >= 0.3 is 5.69 Å². The molecule has 1 heterocycles. The summed E-state index contributed by atoms with van der Waals surface area (Å²) in [7, 11) is 0. The average molecular weight is 292 g/mol. The van der Waals surface area contributed by atoms with Crippen LogP contribution in [0.4, 0.5) is 5.69 Å². The van der Waals surface area contributed by atoms with Crippen LogP contribution in [0.3, 0.4) is 0 Å². The molecule has 0 bridgehead atoms. The third-order valence-corrected chi connectivity index (χ3v) is 2.95. The maximum absolute atomic E-state index is 11.1. The summed E-state index contributed by atoms with van der Waals surface area (Å²) in [6.07, 6.45) is 3.13. The SMILES string of the molecule is N#Cc1ccc(Oc2ccc3nccnc3c2)c([N+](=O)[O-])c1. The molecule has 0 saturated carbocycles. The fourth-order valence-electron chi connectivity index (χ4n) is 1.95. The molecule has 0 unspecified atom stereocenters. The molecule has 0 aliphatic rings. The first kappa shape index (κ1) is 13.5. The van der Waals surface area contributed by atoms with Gasteiger partial charge in [-0.05, 0) is 24.3 Å². The number of nitro groups is 1. The van der Waals surface area contributed by atoms with E-state index in [-0.39, 0.29) is 17.0 Å². The van der Waals surface area contributed by atoms with Crippen molar-refractivity contribution < 1.29 is 9.66 Å². The number of benzene rings is 2. The summed E-state index contributed by atoms with van der Waals surface area (Å²) < 4.78 is 5.56. The predicted molar refractivity (Wildman–Crippen MR) is 77.4 cm³/mol. The van der Waals surface area contributed by atoms with Gasteiger partial charge in [0.25, 0.3) is 0 Å². The Labute approximate surface area is 124 Å². The van der Waals surface area contributed by atoms with Crippen molar-refractivity contribution in [2.75, 3.05) is 0 Å². The van der Waals surface area contributed by atoms with Gasteiger partial charge in [0, 0.05) is 24.5 Å². The summed E-state index contributed by atoms with van der Waals surface area (Å²) >= 11 is 0. The van der Waals surface area contributed by atoms with Crippen LogP contribution in [0.2, 0.25) is 0 Å². The van der Waals surface area contributed by atoms with Crippen molar-refractivity contribution in [3.05, 3.63) is 64.5 Å². The lowest BCUT2D eigenvalue weighted by atomic mass is 10.2. The Hall–Kier alpha value is -3.53. The van der Waals surface area contributed by atoms with E-state index in [1.54, 1.807) is 30.6 Å². The summed E-state index contributed by atoms with van der Waals surface area (Å²) in [6.45, 7) is 0. The van der Waals surface area contributed by atoms with Crippen molar-refractivity contribution in [1.82, 2.24) is 9.97 Å². The van der Waals surface area contributed by atoms with Gasteiger partial charge in [-0.1, -0.05) is 0 Å². The van der Waals surface area contributed by atoms with Crippen LogP contribution in [0.25, 0.3) is 11.0 Å². The molecular formula is C15H8N4O3. The van der Waals surface area contributed by atoms with E-state index in [0.717, 1.165) is 0 Å². The van der Waals surface area contributed by atoms with Gasteiger partial charge in [-0.3, -0.25) is 20.1 Å². The van der Waals surface area contributed by atoms with Gasteiger partial charge < -0.3 is 4.74 Å². The normalized spacial score (nSPS) is 10.1. The molecule has 0 aliphatic heterocycles. The van der Waals surface area contributed by atoms with Gasteiger partial charge in [-0.15, -0.1) is 0 Å². The molecule has 0 aliphatic carbocycles. The second-order valence-corrected chi connectivity index (χ2v) is 4.36. The highest BCUT2D eigenvalue weighted by Crippen LogP contribution is 2.32. The zero-order valence-corrected chi connectivity index (χ0v) is 11.1. The molecule has 7 heteroatoms. The highest BCUT2D eigenvalue weighted by Gasteiger charge is 2.17. The number of nitro benzene ring substituents is 1. The van der Waals surface area contributed by atoms with Gasteiger partial charge in [0.15, 0.2) is 0 Å². The van der Waals surface area contributed by atoms with Crippen molar-refractivity contribution in [3.8, 4) is 17.6 Å². The molecule has 7 nitrogen and oxygen atoms in total. The maximum atomic E-state index is 11.1. The molecular weight excluding hydrogens is 284 g/mol. The fraction of sp³-hybridized carbons (Fsp3) is 0. The molecule has 0 radical (unpaired) electrons. The Morgan fingerprint density at radius 1 is 1.09 bits per heavy atom. The molecule has 0 saturated heterocycles. The standard InChI is InChI=1S/C15H8N4O3/c16-9-10-1-4-15(14(7-10)19(20)21)22-11-2-3-12-13(8-11)18-6-5-17-12/h1-8H. The third-order valence-electron chi connectivity index (χ3n) is 2.95. The van der Waals surface area contributed by atoms with Gasteiger partial charge in [0.05, 0.1) is 27.6 Å². The Bertz CT molecular complexity index is 918. The largest absolute Gasteiger partial charge is 0.450 e. The molecule has 3 rings (SSSR count). The molecule has 1 aromatic heterocycles. The van der Waals surface area contributed by atoms with Crippen LogP contribution >= 0.6 is 0 Å². The fourth-order valence-corrected chi connectivity index (χ4v) is 1.95. The van der Waals surface area contributed by atoms with E-state index in [9.17, 15) is 10.1 Å². The van der Waals surface area contributed by atoms with Gasteiger partial charge in [-0.2, -0.15) is 5.26 Å². The van der Waals surface area contributed by atoms with Gasteiger partial charge in [-0.25, -0.2) is 0 Å². The number of hydrogen-bond donors (Lipinski definition) is 0. The first-order valence-corrected chi connectivity index (χ1v) is 6.24. The highest BCUT2D eigenvalue weighted by molar-refractivity contribution is 5.75. The number of nitrogens with zero attached hydrogens (tertiary/aromatic N) is 4. The molecule has 0 atom stereocenters. The van der Waals surface area contributed by atoms with Crippen molar-refractivity contribution in [3.63, 3.8) is 0 Å². The van der Waals surface area contributed by atoms with E-state index in [1.165, 1.54) is 18.2 Å². The number of fused-ring (bicyclic) bond motifs is 1. The van der Waals surface area contributed by atoms with E-state index in [0.29, 0.717) is 16.8 Å². The predicted octanol–water partition coefficient (Wildman–Crippen LogP) is 3.20. The average Bonchev–Trinajstić information content (AvgIpc) is 2.55. The lowest BCUT2D eigenvalue weighted by Crippen LogP contribution is -1.94. The lowest BCUT2D eigenvalue weighted by Gasteiger charge is -2.07. The minimum atomic E-state index is -0.586. The van der Waals surface area contributed by atoms with E-state index in [1.807, 2.05) is 6.07 Å². The molecule has 0 spiro atoms. The molecule has 2 aromatic carbocycles. The van der Waals surface area contributed by atoms with Crippen LogP contribution in [0.5, 0.6) is 11.5 Å².